The molecule has 2 unspecified atom stereocenters. The molecule has 0 aliphatic heterocycles. The Bertz CT molecular complexity index is 813. The number of aryl methyl sites for hydroxylation is 1. The predicted molar refractivity (Wildman–Crippen MR) is 130 cm³/mol. The summed E-state index contributed by atoms with van der Waals surface area (Å²) in [5.41, 5.74) is 2.55. The normalized spacial score (nSPS) is 13.1. The summed E-state index contributed by atoms with van der Waals surface area (Å²) in [5.74, 6) is -2.44. The number of rotatable bonds is 11. The van der Waals surface area contributed by atoms with Crippen molar-refractivity contribution in [3.8, 4) is 11.4 Å². The fourth-order valence-electron chi connectivity index (χ4n) is 2.83. The molecule has 0 fully saturated rings. The number of hydrogen-bond acceptors (Lipinski definition) is 5. The highest BCUT2D eigenvalue weighted by atomic mass is 32.1. The zero-order chi connectivity index (χ0) is 24.1. The van der Waals surface area contributed by atoms with Crippen LogP contribution in [0, 0.1) is 18.8 Å². The first-order valence-electron chi connectivity index (χ1n) is 11.4. The summed E-state index contributed by atoms with van der Waals surface area (Å²) in [6, 6.07) is 5.79. The third-order valence-corrected chi connectivity index (χ3v) is 6.18. The van der Waals surface area contributed by atoms with Crippen molar-refractivity contribution in [1.29, 1.82) is 0 Å². The van der Waals surface area contributed by atoms with Crippen LogP contribution in [0.25, 0.3) is 11.4 Å². The first kappa shape index (κ1) is 28.1. The number of halogens is 2. The monoisotopic (exact) mass is 468 g/mol. The van der Waals surface area contributed by atoms with Crippen molar-refractivity contribution in [3.05, 3.63) is 29.3 Å². The van der Waals surface area contributed by atoms with Gasteiger partial charge in [0.25, 0.3) is 0 Å². The van der Waals surface area contributed by atoms with E-state index in [2.05, 4.69) is 34.4 Å². The number of aromatic nitrogens is 2. The molecule has 2 atom stereocenters. The number of thiazole rings is 1. The van der Waals surface area contributed by atoms with Crippen LogP contribution in [0.5, 0.6) is 0 Å². The fourth-order valence-corrected chi connectivity index (χ4v) is 3.56. The third kappa shape index (κ3) is 10.1. The highest BCUT2D eigenvalue weighted by Gasteiger charge is 2.33. The van der Waals surface area contributed by atoms with E-state index in [-0.39, 0.29) is 12.3 Å². The highest BCUT2D eigenvalue weighted by molar-refractivity contribution is 7.14. The van der Waals surface area contributed by atoms with Gasteiger partial charge in [0.05, 0.1) is 12.2 Å². The molecular weight excluding hydrogens is 430 g/mol. The van der Waals surface area contributed by atoms with Crippen molar-refractivity contribution < 1.29 is 13.6 Å². The van der Waals surface area contributed by atoms with Crippen LogP contribution in [-0.4, -0.2) is 34.9 Å². The molecule has 0 saturated heterocycles. The highest BCUT2D eigenvalue weighted by Crippen LogP contribution is 2.32. The van der Waals surface area contributed by atoms with E-state index in [4.69, 9.17) is 0 Å². The zero-order valence-corrected chi connectivity index (χ0v) is 21.0. The number of nitrogens with zero attached hydrogens (tertiary/aromatic N) is 2. The molecule has 0 spiro atoms. The van der Waals surface area contributed by atoms with Crippen LogP contribution in [0.4, 0.5) is 13.9 Å². The topological polar surface area (TPSA) is 66.9 Å². The van der Waals surface area contributed by atoms with E-state index in [9.17, 15) is 13.6 Å². The first-order valence-corrected chi connectivity index (χ1v) is 12.3. The second-order valence-corrected chi connectivity index (χ2v) is 9.00. The molecule has 2 aromatic heterocycles. The number of pyridine rings is 1. The number of likely N-dealkylation sites (N-methyl/N-ethyl adjacent to an activating group) is 1. The van der Waals surface area contributed by atoms with Gasteiger partial charge in [-0.25, -0.2) is 13.8 Å². The summed E-state index contributed by atoms with van der Waals surface area (Å²) < 4.78 is 26.2. The van der Waals surface area contributed by atoms with Gasteiger partial charge in [-0.3, -0.25) is 9.78 Å². The Morgan fingerprint density at radius 1 is 1.12 bits per heavy atom. The van der Waals surface area contributed by atoms with Crippen molar-refractivity contribution in [1.82, 2.24) is 15.3 Å². The van der Waals surface area contributed by atoms with Crippen molar-refractivity contribution in [2.75, 3.05) is 18.4 Å². The standard InChI is InChI=1S/C13H16N4OS.C11H22F2/c1-3-14-7-12(18)17-13-16-11(8-19-13)10-6-4-5-9(2)15-10;1-5-9(3)7-8-10(4)11(12,13)6-2/h4-6,8,14H,3,7H2,1-2H3,(H,16,17,18);9-10H,5-8H2,1-4H3. The van der Waals surface area contributed by atoms with E-state index in [0.29, 0.717) is 24.0 Å². The first-order chi connectivity index (χ1) is 15.1. The van der Waals surface area contributed by atoms with Gasteiger partial charge in [0.15, 0.2) is 5.13 Å². The van der Waals surface area contributed by atoms with Gasteiger partial charge in [-0.1, -0.05) is 53.5 Å². The molecule has 2 aromatic rings. The number of carbonyl (C=O) groups excluding carboxylic acids is 1. The minimum absolute atomic E-state index is 0.0331. The molecule has 0 saturated carbocycles. The number of carbonyl (C=O) groups is 1. The molecular formula is C24H38F2N4OS. The average molecular weight is 469 g/mol. The predicted octanol–water partition coefficient (Wildman–Crippen LogP) is 6.56. The lowest BCUT2D eigenvalue weighted by molar-refractivity contribution is -0.115. The maximum atomic E-state index is 13.1. The molecule has 1 amide bonds. The van der Waals surface area contributed by atoms with Crippen molar-refractivity contribution in [2.45, 2.75) is 73.1 Å². The summed E-state index contributed by atoms with van der Waals surface area (Å²) in [6.45, 7) is 12.4. The summed E-state index contributed by atoms with van der Waals surface area (Å²) in [6.07, 6.45) is 2.63. The van der Waals surface area contributed by atoms with Gasteiger partial charge in [0.1, 0.15) is 5.69 Å². The SMILES string of the molecule is CCC(C)CCC(C)C(F)(F)CC.CCNCC(=O)Nc1nc(-c2cccc(C)n2)cs1. The molecule has 0 aromatic carbocycles. The van der Waals surface area contributed by atoms with Gasteiger partial charge in [0.2, 0.25) is 11.8 Å². The van der Waals surface area contributed by atoms with E-state index in [1.807, 2.05) is 37.4 Å². The maximum Gasteiger partial charge on any atom is 0.250 e. The Balaban J connectivity index is 0.000000347. The van der Waals surface area contributed by atoms with Crippen LogP contribution >= 0.6 is 11.3 Å². The van der Waals surface area contributed by atoms with Crippen LogP contribution in [0.3, 0.4) is 0 Å². The Hall–Kier alpha value is -1.93. The van der Waals surface area contributed by atoms with Gasteiger partial charge < -0.3 is 10.6 Å². The average Bonchev–Trinajstić information content (AvgIpc) is 3.24. The minimum atomic E-state index is -2.46. The van der Waals surface area contributed by atoms with Gasteiger partial charge in [0, 0.05) is 23.4 Å². The molecule has 2 rings (SSSR count). The van der Waals surface area contributed by atoms with E-state index in [1.54, 1.807) is 13.8 Å². The largest absolute Gasteiger partial charge is 0.309 e. The summed E-state index contributed by atoms with van der Waals surface area (Å²) in [4.78, 5) is 20.3. The van der Waals surface area contributed by atoms with E-state index >= 15 is 0 Å². The fraction of sp³-hybridized carbons (Fsp3) is 0.625. The quantitative estimate of drug-likeness (QED) is 0.392. The lowest BCUT2D eigenvalue weighted by atomic mass is 9.91. The second-order valence-electron chi connectivity index (χ2n) is 8.14. The van der Waals surface area contributed by atoms with Crippen LogP contribution in [0.15, 0.2) is 23.6 Å². The van der Waals surface area contributed by atoms with Crippen LogP contribution in [0.1, 0.15) is 66.0 Å². The van der Waals surface area contributed by atoms with Gasteiger partial charge >= 0.3 is 0 Å². The molecule has 0 radical (unpaired) electrons. The maximum absolute atomic E-state index is 13.1. The lowest BCUT2D eigenvalue weighted by Crippen LogP contribution is -2.27. The van der Waals surface area contributed by atoms with Crippen LogP contribution in [0.2, 0.25) is 0 Å². The molecule has 0 aliphatic carbocycles. The smallest absolute Gasteiger partial charge is 0.250 e. The molecule has 180 valence electrons. The Labute approximate surface area is 195 Å². The Morgan fingerprint density at radius 2 is 1.84 bits per heavy atom. The molecule has 0 bridgehead atoms. The minimum Gasteiger partial charge on any atom is -0.309 e. The molecule has 2 heterocycles. The van der Waals surface area contributed by atoms with Gasteiger partial charge in [-0.15, -0.1) is 11.3 Å². The summed E-state index contributed by atoms with van der Waals surface area (Å²) >= 11 is 1.40. The number of alkyl halides is 2. The number of hydrogen-bond donors (Lipinski definition) is 2. The van der Waals surface area contributed by atoms with E-state index in [0.717, 1.165) is 36.5 Å². The summed E-state index contributed by atoms with van der Waals surface area (Å²) in [5, 5.41) is 8.22. The zero-order valence-electron chi connectivity index (χ0n) is 20.2. The van der Waals surface area contributed by atoms with Crippen molar-refractivity contribution >= 4 is 22.4 Å². The Morgan fingerprint density at radius 3 is 2.44 bits per heavy atom. The van der Waals surface area contributed by atoms with E-state index in [1.165, 1.54) is 11.3 Å². The molecule has 8 heteroatoms. The van der Waals surface area contributed by atoms with Crippen LogP contribution in [-0.2, 0) is 4.79 Å². The lowest BCUT2D eigenvalue weighted by Gasteiger charge is -2.23. The second kappa shape index (κ2) is 14.3. The number of amides is 1. The van der Waals surface area contributed by atoms with E-state index < -0.39 is 11.8 Å². The Kier molecular flexibility index (Phi) is 12.5. The van der Waals surface area contributed by atoms with Crippen molar-refractivity contribution in [2.24, 2.45) is 11.8 Å². The number of nitrogens with one attached hydrogen (secondary N) is 2. The van der Waals surface area contributed by atoms with Gasteiger partial charge in [-0.2, -0.15) is 0 Å². The third-order valence-electron chi connectivity index (χ3n) is 5.42. The van der Waals surface area contributed by atoms with Crippen LogP contribution < -0.4 is 10.6 Å². The summed E-state index contributed by atoms with van der Waals surface area (Å²) in [7, 11) is 0. The molecule has 2 N–H and O–H groups in total. The van der Waals surface area contributed by atoms with Crippen molar-refractivity contribution in [3.63, 3.8) is 0 Å². The molecule has 32 heavy (non-hydrogen) atoms. The van der Waals surface area contributed by atoms with Gasteiger partial charge in [-0.05, 0) is 37.9 Å². The molecule has 0 aliphatic rings. The number of anilines is 1. The molecule has 5 nitrogen and oxygen atoms in total.